The molecular formula is C12H9N3OS3. The molecule has 0 saturated heterocycles. The highest BCUT2D eigenvalue weighted by Gasteiger charge is 2.04. The maximum atomic E-state index is 11.3. The second-order valence-corrected chi connectivity index (χ2v) is 6.51. The predicted molar refractivity (Wildman–Crippen MR) is 81.4 cm³/mol. The molecule has 96 valence electrons. The first-order chi connectivity index (χ1) is 9.20. The van der Waals surface area contributed by atoms with E-state index in [1.807, 2.05) is 18.2 Å². The van der Waals surface area contributed by atoms with Crippen LogP contribution >= 0.6 is 35.3 Å². The van der Waals surface area contributed by atoms with Crippen molar-refractivity contribution >= 4 is 45.5 Å². The molecule has 0 aliphatic carbocycles. The molecule has 0 aliphatic rings. The lowest BCUT2D eigenvalue weighted by atomic mass is 10.3. The van der Waals surface area contributed by atoms with E-state index in [0.717, 1.165) is 15.6 Å². The molecule has 4 nitrogen and oxygen atoms in total. The van der Waals surface area contributed by atoms with E-state index >= 15 is 0 Å². The van der Waals surface area contributed by atoms with Crippen LogP contribution in [0.4, 0.5) is 0 Å². The fourth-order valence-electron chi connectivity index (χ4n) is 1.65. The summed E-state index contributed by atoms with van der Waals surface area (Å²) in [6.45, 7) is 0. The Balaban J connectivity index is 1.82. The van der Waals surface area contributed by atoms with Gasteiger partial charge in [-0.1, -0.05) is 23.9 Å². The Labute approximate surface area is 121 Å². The summed E-state index contributed by atoms with van der Waals surface area (Å²) in [4.78, 5) is 21.3. The molecule has 0 bridgehead atoms. The Hall–Kier alpha value is -1.44. The number of hydrogen-bond donors (Lipinski definition) is 2. The monoisotopic (exact) mass is 307 g/mol. The van der Waals surface area contributed by atoms with Crippen molar-refractivity contribution in [1.82, 2.24) is 15.0 Å². The van der Waals surface area contributed by atoms with Crippen LogP contribution < -0.4 is 5.56 Å². The Morgan fingerprint density at radius 3 is 2.95 bits per heavy atom. The Morgan fingerprint density at radius 2 is 2.16 bits per heavy atom. The number of thioether (sulfide) groups is 1. The van der Waals surface area contributed by atoms with Gasteiger partial charge in [0, 0.05) is 17.5 Å². The number of H-pyrrole nitrogens is 2. The van der Waals surface area contributed by atoms with Crippen molar-refractivity contribution in [2.75, 3.05) is 0 Å². The molecule has 0 fully saturated rings. The van der Waals surface area contributed by atoms with E-state index in [1.54, 1.807) is 23.1 Å². The van der Waals surface area contributed by atoms with Gasteiger partial charge in [0.25, 0.3) is 5.56 Å². The minimum Gasteiger partial charge on any atom is -0.335 e. The van der Waals surface area contributed by atoms with E-state index in [-0.39, 0.29) is 5.56 Å². The summed E-state index contributed by atoms with van der Waals surface area (Å²) in [5.74, 6) is 0.646. The highest BCUT2D eigenvalue weighted by atomic mass is 32.2. The quantitative estimate of drug-likeness (QED) is 0.575. The Bertz CT molecular complexity index is 772. The summed E-state index contributed by atoms with van der Waals surface area (Å²) in [6.07, 6.45) is 0. The molecule has 3 rings (SSSR count). The van der Waals surface area contributed by atoms with Gasteiger partial charge in [0.1, 0.15) is 0 Å². The number of fused-ring (bicyclic) bond motifs is 1. The number of aromatic amines is 2. The molecule has 1 aromatic carbocycles. The highest BCUT2D eigenvalue weighted by Crippen LogP contribution is 2.30. The van der Waals surface area contributed by atoms with Crippen molar-refractivity contribution in [2.45, 2.75) is 10.1 Å². The molecule has 2 aromatic heterocycles. The second-order valence-electron chi connectivity index (χ2n) is 3.85. The van der Waals surface area contributed by atoms with Gasteiger partial charge >= 0.3 is 0 Å². The smallest absolute Gasteiger partial charge is 0.251 e. The number of thiazole rings is 1. The van der Waals surface area contributed by atoms with Gasteiger partial charge in [0.05, 0.1) is 10.2 Å². The zero-order chi connectivity index (χ0) is 13.2. The van der Waals surface area contributed by atoms with Crippen LogP contribution in [0.1, 0.15) is 5.69 Å². The maximum Gasteiger partial charge on any atom is 0.251 e. The van der Waals surface area contributed by atoms with Gasteiger partial charge in [-0.25, -0.2) is 4.98 Å². The first-order valence-electron chi connectivity index (χ1n) is 5.51. The number of nitrogens with zero attached hydrogens (tertiary/aromatic N) is 1. The molecular weight excluding hydrogens is 298 g/mol. The largest absolute Gasteiger partial charge is 0.335 e. The van der Waals surface area contributed by atoms with Crippen molar-refractivity contribution < 1.29 is 0 Å². The van der Waals surface area contributed by atoms with E-state index in [9.17, 15) is 4.79 Å². The average molecular weight is 307 g/mol. The number of para-hydroxylation sites is 1. The van der Waals surface area contributed by atoms with Crippen LogP contribution in [0.3, 0.4) is 0 Å². The van der Waals surface area contributed by atoms with Crippen LogP contribution in [0, 0.1) is 4.77 Å². The number of benzene rings is 1. The fourth-order valence-corrected chi connectivity index (χ4v) is 3.86. The SMILES string of the molecule is O=c1cc(CSc2nc3ccccc3s2)[nH]c(=S)[nH]1. The van der Waals surface area contributed by atoms with E-state index in [4.69, 9.17) is 12.2 Å². The zero-order valence-corrected chi connectivity index (χ0v) is 12.1. The van der Waals surface area contributed by atoms with Crippen molar-refractivity contribution in [2.24, 2.45) is 0 Å². The van der Waals surface area contributed by atoms with E-state index in [0.29, 0.717) is 10.5 Å². The summed E-state index contributed by atoms with van der Waals surface area (Å²) in [7, 11) is 0. The lowest BCUT2D eigenvalue weighted by Gasteiger charge is -1.98. The topological polar surface area (TPSA) is 61.5 Å². The minimum absolute atomic E-state index is 0.177. The van der Waals surface area contributed by atoms with Crippen molar-refractivity contribution in [3.8, 4) is 0 Å². The van der Waals surface area contributed by atoms with Crippen molar-refractivity contribution in [1.29, 1.82) is 0 Å². The molecule has 2 heterocycles. The third-order valence-corrected chi connectivity index (χ3v) is 4.87. The van der Waals surface area contributed by atoms with Crippen LogP contribution in [-0.2, 0) is 5.75 Å². The first-order valence-corrected chi connectivity index (χ1v) is 7.73. The molecule has 0 saturated carbocycles. The fraction of sp³-hybridized carbons (Fsp3) is 0.0833. The van der Waals surface area contributed by atoms with Crippen LogP contribution in [0.2, 0.25) is 0 Å². The zero-order valence-electron chi connectivity index (χ0n) is 9.67. The second kappa shape index (κ2) is 5.28. The van der Waals surface area contributed by atoms with Gasteiger partial charge in [0.15, 0.2) is 9.11 Å². The van der Waals surface area contributed by atoms with E-state index < -0.39 is 0 Å². The van der Waals surface area contributed by atoms with Gasteiger partial charge in [0.2, 0.25) is 0 Å². The number of nitrogens with one attached hydrogen (secondary N) is 2. The average Bonchev–Trinajstić information content (AvgIpc) is 2.78. The minimum atomic E-state index is -0.177. The predicted octanol–water partition coefficient (Wildman–Crippen LogP) is 3.33. The molecule has 0 spiro atoms. The summed E-state index contributed by atoms with van der Waals surface area (Å²) < 4.78 is 2.51. The molecule has 0 unspecified atom stereocenters. The van der Waals surface area contributed by atoms with Gasteiger partial charge < -0.3 is 4.98 Å². The first kappa shape index (κ1) is 12.6. The van der Waals surface area contributed by atoms with Gasteiger partial charge in [-0.2, -0.15) is 0 Å². The summed E-state index contributed by atoms with van der Waals surface area (Å²) in [5.41, 5.74) is 1.63. The molecule has 0 aliphatic heterocycles. The molecule has 3 aromatic rings. The van der Waals surface area contributed by atoms with Crippen LogP contribution in [-0.4, -0.2) is 15.0 Å². The summed E-state index contributed by atoms with van der Waals surface area (Å²) in [6, 6.07) is 9.55. The summed E-state index contributed by atoms with van der Waals surface area (Å²) in [5, 5.41) is 0. The third kappa shape index (κ3) is 2.94. The van der Waals surface area contributed by atoms with E-state index in [1.165, 1.54) is 10.8 Å². The molecule has 0 radical (unpaired) electrons. The molecule has 0 atom stereocenters. The maximum absolute atomic E-state index is 11.3. The number of aromatic nitrogens is 3. The third-order valence-electron chi connectivity index (χ3n) is 2.44. The lowest BCUT2D eigenvalue weighted by Crippen LogP contribution is -2.07. The molecule has 19 heavy (non-hydrogen) atoms. The molecule has 7 heteroatoms. The number of rotatable bonds is 3. The Kier molecular flexibility index (Phi) is 3.50. The lowest BCUT2D eigenvalue weighted by molar-refractivity contribution is 1.03. The summed E-state index contributed by atoms with van der Waals surface area (Å²) >= 11 is 8.18. The van der Waals surface area contributed by atoms with E-state index in [2.05, 4.69) is 21.0 Å². The van der Waals surface area contributed by atoms with Gasteiger partial charge in [-0.3, -0.25) is 9.78 Å². The van der Waals surface area contributed by atoms with Crippen LogP contribution in [0.15, 0.2) is 39.5 Å². The van der Waals surface area contributed by atoms with Gasteiger partial charge in [-0.15, -0.1) is 11.3 Å². The molecule has 2 N–H and O–H groups in total. The number of hydrogen-bond acceptors (Lipinski definition) is 5. The van der Waals surface area contributed by atoms with Crippen LogP contribution in [0.25, 0.3) is 10.2 Å². The normalized spacial score (nSPS) is 10.9. The molecule has 0 amide bonds. The van der Waals surface area contributed by atoms with Crippen molar-refractivity contribution in [3.63, 3.8) is 0 Å². The van der Waals surface area contributed by atoms with Crippen LogP contribution in [0.5, 0.6) is 0 Å². The van der Waals surface area contributed by atoms with Gasteiger partial charge in [-0.05, 0) is 24.4 Å². The highest BCUT2D eigenvalue weighted by molar-refractivity contribution is 8.00. The standard InChI is InChI=1S/C12H9N3OS3/c16-10-5-7(13-11(17)15-10)6-18-12-14-8-3-1-2-4-9(8)19-12/h1-5H,6H2,(H2,13,15,16,17). The van der Waals surface area contributed by atoms with Crippen molar-refractivity contribution in [3.05, 3.63) is 51.2 Å². The Morgan fingerprint density at radius 1 is 1.32 bits per heavy atom.